The first-order valence-corrected chi connectivity index (χ1v) is 8.26. The largest absolute Gasteiger partial charge is 0.488 e. The van der Waals surface area contributed by atoms with Crippen molar-refractivity contribution in [3.63, 3.8) is 0 Å². The van der Waals surface area contributed by atoms with Gasteiger partial charge < -0.3 is 14.1 Å². The van der Waals surface area contributed by atoms with Gasteiger partial charge in [0.1, 0.15) is 18.1 Å². The lowest BCUT2D eigenvalue weighted by Gasteiger charge is -2.18. The molecule has 0 aliphatic rings. The van der Waals surface area contributed by atoms with E-state index in [1.807, 2.05) is 42.5 Å². The van der Waals surface area contributed by atoms with Crippen molar-refractivity contribution in [2.45, 2.75) is 13.2 Å². The van der Waals surface area contributed by atoms with E-state index in [2.05, 4.69) is 0 Å². The van der Waals surface area contributed by atoms with Crippen molar-refractivity contribution < 1.29 is 13.9 Å². The number of benzene rings is 2. The number of furan rings is 1. The average molecular weight is 356 g/mol. The molecule has 0 aliphatic carbocycles. The number of hydrogen-bond donors (Lipinski definition) is 0. The van der Waals surface area contributed by atoms with E-state index in [9.17, 15) is 4.79 Å². The highest BCUT2D eigenvalue weighted by atomic mass is 35.5. The Morgan fingerprint density at radius 3 is 2.60 bits per heavy atom. The van der Waals surface area contributed by atoms with Crippen LogP contribution in [0.5, 0.6) is 5.75 Å². The summed E-state index contributed by atoms with van der Waals surface area (Å²) in [4.78, 5) is 14.3. The Balaban J connectivity index is 1.74. The molecule has 128 valence electrons. The van der Waals surface area contributed by atoms with Crippen LogP contribution in [-0.4, -0.2) is 17.9 Å². The highest BCUT2D eigenvalue weighted by molar-refractivity contribution is 6.31. The molecule has 0 atom stereocenters. The first-order chi connectivity index (χ1) is 12.1. The van der Waals surface area contributed by atoms with Gasteiger partial charge in [-0.1, -0.05) is 41.9 Å². The zero-order valence-electron chi connectivity index (χ0n) is 13.8. The number of carbonyl (C=O) groups is 1. The van der Waals surface area contributed by atoms with Gasteiger partial charge in [-0.15, -0.1) is 0 Å². The number of hydrogen-bond acceptors (Lipinski definition) is 3. The number of carbonyl (C=O) groups excluding carboxylic acids is 1. The molecule has 0 unspecified atom stereocenters. The molecule has 0 fully saturated rings. The number of ether oxygens (including phenoxy) is 1. The minimum atomic E-state index is -0.133. The normalized spacial score (nSPS) is 10.5. The number of nitrogens with zero attached hydrogens (tertiary/aromatic N) is 1. The fourth-order valence-corrected chi connectivity index (χ4v) is 2.64. The van der Waals surface area contributed by atoms with E-state index in [0.717, 1.165) is 11.3 Å². The summed E-state index contributed by atoms with van der Waals surface area (Å²) in [6.45, 7) is 0.691. The Morgan fingerprint density at radius 2 is 1.84 bits per heavy atom. The molecule has 0 saturated carbocycles. The topological polar surface area (TPSA) is 42.7 Å². The molecule has 3 rings (SSSR count). The second-order valence-electron chi connectivity index (χ2n) is 5.62. The minimum Gasteiger partial charge on any atom is -0.488 e. The zero-order chi connectivity index (χ0) is 17.6. The molecule has 0 radical (unpaired) electrons. The van der Waals surface area contributed by atoms with Gasteiger partial charge in [0, 0.05) is 17.6 Å². The van der Waals surface area contributed by atoms with Crippen LogP contribution in [0, 0.1) is 0 Å². The van der Waals surface area contributed by atoms with Gasteiger partial charge in [0.05, 0.1) is 18.4 Å². The number of rotatable bonds is 6. The lowest BCUT2D eigenvalue weighted by atomic mass is 10.1. The third-order valence-corrected chi connectivity index (χ3v) is 4.15. The Bertz CT molecular complexity index is 846. The average Bonchev–Trinajstić information content (AvgIpc) is 3.13. The predicted octanol–water partition coefficient (Wildman–Crippen LogP) is 4.78. The summed E-state index contributed by atoms with van der Waals surface area (Å²) < 4.78 is 11.2. The van der Waals surface area contributed by atoms with Gasteiger partial charge >= 0.3 is 0 Å². The zero-order valence-corrected chi connectivity index (χ0v) is 14.6. The van der Waals surface area contributed by atoms with Crippen LogP contribution in [0.25, 0.3) is 0 Å². The smallest absolute Gasteiger partial charge is 0.257 e. The van der Waals surface area contributed by atoms with Crippen LogP contribution in [0.3, 0.4) is 0 Å². The maximum atomic E-state index is 12.7. The van der Waals surface area contributed by atoms with Crippen molar-refractivity contribution in [2.75, 3.05) is 7.05 Å². The van der Waals surface area contributed by atoms with E-state index in [4.69, 9.17) is 20.8 Å². The van der Waals surface area contributed by atoms with Crippen LogP contribution in [0.1, 0.15) is 21.7 Å². The Labute approximate surface area is 151 Å². The van der Waals surface area contributed by atoms with E-state index in [1.54, 1.807) is 36.4 Å². The van der Waals surface area contributed by atoms with Crippen LogP contribution < -0.4 is 4.74 Å². The highest BCUT2D eigenvalue weighted by Gasteiger charge is 2.17. The van der Waals surface area contributed by atoms with Crippen molar-refractivity contribution in [3.05, 3.63) is 88.8 Å². The molecule has 3 aromatic rings. The lowest BCUT2D eigenvalue weighted by Crippen LogP contribution is -2.26. The molecule has 0 saturated heterocycles. The summed E-state index contributed by atoms with van der Waals surface area (Å²) in [5.41, 5.74) is 1.37. The van der Waals surface area contributed by atoms with Crippen molar-refractivity contribution in [1.29, 1.82) is 0 Å². The van der Waals surface area contributed by atoms with Gasteiger partial charge in [-0.25, -0.2) is 0 Å². The SMILES string of the molecule is CN(Cc1ccco1)C(=O)c1ccccc1OCc1ccccc1Cl. The number of amides is 1. The number of para-hydroxylation sites is 1. The summed E-state index contributed by atoms with van der Waals surface area (Å²) >= 11 is 6.16. The van der Waals surface area contributed by atoms with E-state index >= 15 is 0 Å². The molecule has 1 amide bonds. The van der Waals surface area contributed by atoms with Gasteiger partial charge in [0.2, 0.25) is 0 Å². The Hall–Kier alpha value is -2.72. The molecular formula is C20H18ClNO3. The molecule has 4 nitrogen and oxygen atoms in total. The fourth-order valence-electron chi connectivity index (χ4n) is 2.45. The summed E-state index contributed by atoms with van der Waals surface area (Å²) in [7, 11) is 1.73. The summed E-state index contributed by atoms with van der Waals surface area (Å²) in [6.07, 6.45) is 1.59. The van der Waals surface area contributed by atoms with Crippen LogP contribution in [0.15, 0.2) is 71.3 Å². The van der Waals surface area contributed by atoms with Crippen LogP contribution >= 0.6 is 11.6 Å². The molecule has 25 heavy (non-hydrogen) atoms. The van der Waals surface area contributed by atoms with Crippen molar-refractivity contribution in [1.82, 2.24) is 4.90 Å². The van der Waals surface area contributed by atoms with Crippen LogP contribution in [-0.2, 0) is 13.2 Å². The Kier molecular flexibility index (Phi) is 5.41. The summed E-state index contributed by atoms with van der Waals surface area (Å²) in [5, 5.41) is 0.640. The van der Waals surface area contributed by atoms with Crippen molar-refractivity contribution in [2.24, 2.45) is 0 Å². The van der Waals surface area contributed by atoms with E-state index < -0.39 is 0 Å². The fraction of sp³-hybridized carbons (Fsp3) is 0.150. The molecule has 1 aromatic heterocycles. The first kappa shape index (κ1) is 17.1. The van der Waals surface area contributed by atoms with Crippen molar-refractivity contribution >= 4 is 17.5 Å². The Morgan fingerprint density at radius 1 is 1.08 bits per heavy atom. The van der Waals surface area contributed by atoms with Crippen LogP contribution in [0.2, 0.25) is 5.02 Å². The van der Waals surface area contributed by atoms with Gasteiger partial charge in [0.25, 0.3) is 5.91 Å². The van der Waals surface area contributed by atoms with E-state index in [-0.39, 0.29) is 5.91 Å². The number of halogens is 1. The maximum Gasteiger partial charge on any atom is 0.257 e. The molecule has 5 heteroatoms. The third-order valence-electron chi connectivity index (χ3n) is 3.78. The van der Waals surface area contributed by atoms with E-state index in [1.165, 1.54) is 0 Å². The molecule has 0 N–H and O–H groups in total. The predicted molar refractivity (Wildman–Crippen MR) is 96.7 cm³/mol. The van der Waals surface area contributed by atoms with E-state index in [0.29, 0.717) is 29.5 Å². The van der Waals surface area contributed by atoms with Crippen molar-refractivity contribution in [3.8, 4) is 5.75 Å². The molecule has 0 bridgehead atoms. The highest BCUT2D eigenvalue weighted by Crippen LogP contribution is 2.23. The minimum absolute atomic E-state index is 0.133. The second kappa shape index (κ2) is 7.90. The third kappa shape index (κ3) is 4.22. The van der Waals surface area contributed by atoms with Crippen LogP contribution in [0.4, 0.5) is 0 Å². The molecule has 1 heterocycles. The molecule has 0 spiro atoms. The van der Waals surface area contributed by atoms with Gasteiger partial charge in [-0.05, 0) is 30.3 Å². The first-order valence-electron chi connectivity index (χ1n) is 7.88. The van der Waals surface area contributed by atoms with Gasteiger partial charge in [-0.2, -0.15) is 0 Å². The lowest BCUT2D eigenvalue weighted by molar-refractivity contribution is 0.0770. The monoisotopic (exact) mass is 355 g/mol. The quantitative estimate of drug-likeness (QED) is 0.638. The maximum absolute atomic E-state index is 12.7. The summed E-state index contributed by atoms with van der Waals surface area (Å²) in [6, 6.07) is 18.3. The summed E-state index contributed by atoms with van der Waals surface area (Å²) in [5.74, 6) is 1.12. The molecule has 2 aromatic carbocycles. The van der Waals surface area contributed by atoms with Gasteiger partial charge in [-0.3, -0.25) is 4.79 Å². The molecular weight excluding hydrogens is 338 g/mol. The standard InChI is InChI=1S/C20H18ClNO3/c1-22(13-16-8-6-12-24-16)20(23)17-9-3-5-11-19(17)25-14-15-7-2-4-10-18(15)21/h2-12H,13-14H2,1H3. The second-order valence-corrected chi connectivity index (χ2v) is 6.02. The van der Waals surface area contributed by atoms with Gasteiger partial charge in [0.15, 0.2) is 0 Å². The molecule has 0 aliphatic heterocycles.